The highest BCUT2D eigenvalue weighted by atomic mass is 19.1. The van der Waals surface area contributed by atoms with Gasteiger partial charge in [-0.25, -0.2) is 4.39 Å². The molecule has 1 aromatic rings. The second-order valence-electron chi connectivity index (χ2n) is 7.10. The Labute approximate surface area is 130 Å². The van der Waals surface area contributed by atoms with Crippen LogP contribution in [0.4, 0.5) is 4.39 Å². The number of nitrogens with zero attached hydrogens (tertiary/aromatic N) is 1. The number of halogens is 1. The molecular weight excluding hydrogens is 281 g/mol. The van der Waals surface area contributed by atoms with E-state index in [1.165, 1.54) is 50.2 Å². The van der Waals surface area contributed by atoms with Gasteiger partial charge in [0.15, 0.2) is 0 Å². The first-order chi connectivity index (χ1) is 10.7. The maximum absolute atomic E-state index is 13.0. The molecule has 3 aliphatic heterocycles. The van der Waals surface area contributed by atoms with Crippen LogP contribution in [-0.4, -0.2) is 30.5 Å². The van der Waals surface area contributed by atoms with E-state index in [1.807, 2.05) is 0 Å². The van der Waals surface area contributed by atoms with Gasteiger partial charge in [0.1, 0.15) is 11.6 Å². The Kier molecular flexibility index (Phi) is 3.44. The van der Waals surface area contributed by atoms with Crippen LogP contribution in [0.5, 0.6) is 5.75 Å². The van der Waals surface area contributed by atoms with Crippen molar-refractivity contribution in [1.29, 1.82) is 0 Å². The molecule has 118 valence electrons. The first kappa shape index (κ1) is 14.2. The molecule has 4 heteroatoms. The minimum absolute atomic E-state index is 0.0934. The molecule has 4 fully saturated rings. The molecule has 0 spiro atoms. The van der Waals surface area contributed by atoms with Crippen LogP contribution in [0.2, 0.25) is 0 Å². The standard InChI is InChI=1S/C18H22FNO2/c19-14-2-4-15(5-3-14)22-17(21)18(8-1-9-18)16-12-20-10-6-13(16)7-11-20/h2-5,13,16H,1,6-12H2. The molecule has 0 radical (unpaired) electrons. The lowest BCUT2D eigenvalue weighted by Crippen LogP contribution is -2.58. The third-order valence-electron chi connectivity index (χ3n) is 6.04. The average Bonchev–Trinajstić information content (AvgIpc) is 2.50. The van der Waals surface area contributed by atoms with Crippen molar-refractivity contribution in [3.63, 3.8) is 0 Å². The summed E-state index contributed by atoms with van der Waals surface area (Å²) in [6, 6.07) is 5.75. The summed E-state index contributed by atoms with van der Waals surface area (Å²) in [5.74, 6) is 1.17. The van der Waals surface area contributed by atoms with Gasteiger partial charge in [-0.3, -0.25) is 4.79 Å². The molecule has 1 atom stereocenters. The Balaban J connectivity index is 1.53. The van der Waals surface area contributed by atoms with Crippen molar-refractivity contribution in [2.45, 2.75) is 32.1 Å². The summed E-state index contributed by atoms with van der Waals surface area (Å²) < 4.78 is 18.6. The van der Waals surface area contributed by atoms with Crippen molar-refractivity contribution in [1.82, 2.24) is 4.90 Å². The van der Waals surface area contributed by atoms with Gasteiger partial charge < -0.3 is 9.64 Å². The predicted molar refractivity (Wildman–Crippen MR) is 81.0 cm³/mol. The van der Waals surface area contributed by atoms with E-state index in [2.05, 4.69) is 4.90 Å². The lowest BCUT2D eigenvalue weighted by Gasteiger charge is -2.55. The number of hydrogen-bond acceptors (Lipinski definition) is 3. The second kappa shape index (κ2) is 5.34. The monoisotopic (exact) mass is 303 g/mol. The van der Waals surface area contributed by atoms with Gasteiger partial charge in [0, 0.05) is 6.54 Å². The van der Waals surface area contributed by atoms with Crippen molar-refractivity contribution in [3.05, 3.63) is 30.1 Å². The van der Waals surface area contributed by atoms with E-state index in [0.717, 1.165) is 25.8 Å². The molecule has 3 heterocycles. The lowest BCUT2D eigenvalue weighted by atomic mass is 9.55. The topological polar surface area (TPSA) is 29.5 Å². The number of ether oxygens (including phenoxy) is 1. The number of hydrogen-bond donors (Lipinski definition) is 0. The van der Waals surface area contributed by atoms with Crippen LogP contribution in [0.3, 0.4) is 0 Å². The summed E-state index contributed by atoms with van der Waals surface area (Å²) >= 11 is 0. The minimum Gasteiger partial charge on any atom is -0.426 e. The van der Waals surface area contributed by atoms with Crippen molar-refractivity contribution < 1.29 is 13.9 Å². The molecule has 3 saturated heterocycles. The lowest BCUT2D eigenvalue weighted by molar-refractivity contribution is -0.165. The molecule has 1 unspecified atom stereocenters. The Bertz CT molecular complexity index is 559. The van der Waals surface area contributed by atoms with Gasteiger partial charge in [0.05, 0.1) is 5.41 Å². The maximum Gasteiger partial charge on any atom is 0.317 e. The molecule has 1 saturated carbocycles. The van der Waals surface area contributed by atoms with Crippen LogP contribution < -0.4 is 4.74 Å². The highest BCUT2D eigenvalue weighted by molar-refractivity contribution is 5.80. The Hall–Kier alpha value is -1.42. The fourth-order valence-electron chi connectivity index (χ4n) is 4.59. The quantitative estimate of drug-likeness (QED) is 0.634. The van der Waals surface area contributed by atoms with E-state index < -0.39 is 0 Å². The summed E-state index contributed by atoms with van der Waals surface area (Å²) in [4.78, 5) is 15.3. The highest BCUT2D eigenvalue weighted by Crippen LogP contribution is 2.54. The van der Waals surface area contributed by atoms with Gasteiger partial charge in [-0.15, -0.1) is 0 Å². The van der Waals surface area contributed by atoms with Crippen LogP contribution in [0.25, 0.3) is 0 Å². The van der Waals surface area contributed by atoms with E-state index >= 15 is 0 Å². The maximum atomic E-state index is 13.0. The zero-order valence-corrected chi connectivity index (χ0v) is 12.8. The summed E-state index contributed by atoms with van der Waals surface area (Å²) in [6.07, 6.45) is 5.44. The predicted octanol–water partition coefficient (Wildman–Crippen LogP) is 3.24. The fraction of sp³-hybridized carbons (Fsp3) is 0.611. The normalized spacial score (nSPS) is 32.3. The van der Waals surface area contributed by atoms with E-state index in [1.54, 1.807) is 0 Å². The van der Waals surface area contributed by atoms with Gasteiger partial charge >= 0.3 is 5.97 Å². The molecule has 1 aliphatic carbocycles. The first-order valence-electron chi connectivity index (χ1n) is 8.38. The van der Waals surface area contributed by atoms with Crippen molar-refractivity contribution in [2.75, 3.05) is 19.6 Å². The zero-order valence-electron chi connectivity index (χ0n) is 12.8. The van der Waals surface area contributed by atoms with E-state index in [4.69, 9.17) is 4.74 Å². The second-order valence-corrected chi connectivity index (χ2v) is 7.10. The van der Waals surface area contributed by atoms with Gasteiger partial charge in [-0.05, 0) is 74.9 Å². The largest absolute Gasteiger partial charge is 0.426 e. The summed E-state index contributed by atoms with van der Waals surface area (Å²) in [5, 5.41) is 0. The van der Waals surface area contributed by atoms with Gasteiger partial charge in [0.2, 0.25) is 0 Å². The molecular formula is C18H22FNO2. The molecule has 22 heavy (non-hydrogen) atoms. The van der Waals surface area contributed by atoms with Crippen LogP contribution >= 0.6 is 0 Å². The van der Waals surface area contributed by atoms with Crippen molar-refractivity contribution in [2.24, 2.45) is 17.3 Å². The van der Waals surface area contributed by atoms with Crippen LogP contribution in [0.15, 0.2) is 24.3 Å². The molecule has 2 bridgehead atoms. The van der Waals surface area contributed by atoms with Gasteiger partial charge in [0.25, 0.3) is 0 Å². The van der Waals surface area contributed by atoms with E-state index in [9.17, 15) is 9.18 Å². The van der Waals surface area contributed by atoms with E-state index in [0.29, 0.717) is 17.6 Å². The third kappa shape index (κ3) is 2.24. The SMILES string of the molecule is O=C(Oc1ccc(F)cc1)C1(C2CN3CCC2CC3)CCC1. The molecule has 0 N–H and O–H groups in total. The number of piperidine rings is 3. The molecule has 3 nitrogen and oxygen atoms in total. The number of rotatable bonds is 3. The summed E-state index contributed by atoms with van der Waals surface area (Å²) in [5.41, 5.74) is -0.294. The molecule has 0 amide bonds. The molecule has 1 aromatic carbocycles. The third-order valence-corrected chi connectivity index (χ3v) is 6.04. The number of carbonyl (C=O) groups is 1. The Morgan fingerprint density at radius 2 is 1.86 bits per heavy atom. The van der Waals surface area contributed by atoms with Crippen LogP contribution in [0, 0.1) is 23.1 Å². The highest BCUT2D eigenvalue weighted by Gasteiger charge is 2.56. The molecule has 4 aliphatic rings. The minimum atomic E-state index is -0.310. The average molecular weight is 303 g/mol. The molecule has 5 rings (SSSR count). The van der Waals surface area contributed by atoms with Crippen LogP contribution in [-0.2, 0) is 4.79 Å². The number of benzene rings is 1. The Morgan fingerprint density at radius 1 is 1.18 bits per heavy atom. The van der Waals surface area contributed by atoms with Crippen LogP contribution in [0.1, 0.15) is 32.1 Å². The first-order valence-corrected chi connectivity index (χ1v) is 8.38. The number of esters is 1. The van der Waals surface area contributed by atoms with Gasteiger partial charge in [-0.2, -0.15) is 0 Å². The Morgan fingerprint density at radius 3 is 2.36 bits per heavy atom. The molecule has 0 aromatic heterocycles. The summed E-state index contributed by atoms with van der Waals surface area (Å²) in [7, 11) is 0. The number of carbonyl (C=O) groups excluding carboxylic acids is 1. The van der Waals surface area contributed by atoms with Gasteiger partial charge in [-0.1, -0.05) is 6.42 Å². The zero-order chi connectivity index (χ0) is 15.2. The smallest absolute Gasteiger partial charge is 0.317 e. The summed E-state index contributed by atoms with van der Waals surface area (Å²) in [6.45, 7) is 3.41. The van der Waals surface area contributed by atoms with Crippen molar-refractivity contribution in [3.8, 4) is 5.75 Å². The van der Waals surface area contributed by atoms with E-state index in [-0.39, 0.29) is 17.2 Å². The van der Waals surface area contributed by atoms with Crippen molar-refractivity contribution >= 4 is 5.97 Å². The number of fused-ring (bicyclic) bond motifs is 3. The fourth-order valence-corrected chi connectivity index (χ4v) is 4.59.